The lowest BCUT2D eigenvalue weighted by atomic mass is 10.2. The third-order valence-corrected chi connectivity index (χ3v) is 3.95. The Hall–Kier alpha value is -0.960. The van der Waals surface area contributed by atoms with Crippen LogP contribution in [0.15, 0.2) is 29.2 Å². The SMILES string of the molecule is CCc1ccc(SC2CC(C)OC2=O)cc1. The van der Waals surface area contributed by atoms with Gasteiger partial charge in [0.1, 0.15) is 11.4 Å². The van der Waals surface area contributed by atoms with Gasteiger partial charge in [0.2, 0.25) is 0 Å². The van der Waals surface area contributed by atoms with Gasteiger partial charge in [0, 0.05) is 11.3 Å². The van der Waals surface area contributed by atoms with E-state index < -0.39 is 0 Å². The molecular formula is C13H16O2S. The third-order valence-electron chi connectivity index (χ3n) is 2.74. The van der Waals surface area contributed by atoms with Crippen LogP contribution in [0.2, 0.25) is 0 Å². The van der Waals surface area contributed by atoms with E-state index in [9.17, 15) is 4.79 Å². The molecule has 0 aromatic heterocycles. The normalized spacial score (nSPS) is 24.5. The molecule has 3 heteroatoms. The Morgan fingerprint density at radius 3 is 2.56 bits per heavy atom. The maximum atomic E-state index is 11.5. The van der Waals surface area contributed by atoms with E-state index in [0.29, 0.717) is 0 Å². The highest BCUT2D eigenvalue weighted by atomic mass is 32.2. The minimum atomic E-state index is -0.0722. The van der Waals surface area contributed by atoms with Crippen LogP contribution in [0.5, 0.6) is 0 Å². The zero-order chi connectivity index (χ0) is 11.5. The maximum absolute atomic E-state index is 11.5. The van der Waals surface area contributed by atoms with Crippen molar-refractivity contribution in [2.75, 3.05) is 0 Å². The quantitative estimate of drug-likeness (QED) is 0.755. The Labute approximate surface area is 100 Å². The van der Waals surface area contributed by atoms with E-state index in [-0.39, 0.29) is 17.3 Å². The van der Waals surface area contributed by atoms with E-state index in [1.54, 1.807) is 11.8 Å². The monoisotopic (exact) mass is 236 g/mol. The predicted octanol–water partition coefficient (Wildman–Crippen LogP) is 3.05. The molecule has 0 saturated carbocycles. The molecule has 1 aromatic rings. The van der Waals surface area contributed by atoms with Crippen molar-refractivity contribution in [3.8, 4) is 0 Å². The summed E-state index contributed by atoms with van der Waals surface area (Å²) < 4.78 is 5.13. The Balaban J connectivity index is 2.01. The van der Waals surface area contributed by atoms with Crippen molar-refractivity contribution in [2.24, 2.45) is 0 Å². The molecule has 1 fully saturated rings. The number of cyclic esters (lactones) is 1. The number of aryl methyl sites for hydroxylation is 1. The molecule has 0 aliphatic carbocycles. The zero-order valence-electron chi connectivity index (χ0n) is 9.60. The van der Waals surface area contributed by atoms with Gasteiger partial charge in [-0.15, -0.1) is 11.8 Å². The van der Waals surface area contributed by atoms with Crippen LogP contribution in [0, 0.1) is 0 Å². The largest absolute Gasteiger partial charge is 0.462 e. The fourth-order valence-corrected chi connectivity index (χ4v) is 2.92. The summed E-state index contributed by atoms with van der Waals surface area (Å²) in [6.07, 6.45) is 1.94. The summed E-state index contributed by atoms with van der Waals surface area (Å²) in [5.41, 5.74) is 1.33. The maximum Gasteiger partial charge on any atom is 0.319 e. The molecule has 2 nitrogen and oxygen atoms in total. The number of carbonyl (C=O) groups is 1. The average Bonchev–Trinajstić information content (AvgIpc) is 2.59. The van der Waals surface area contributed by atoms with Crippen LogP contribution < -0.4 is 0 Å². The van der Waals surface area contributed by atoms with Crippen molar-refractivity contribution in [3.63, 3.8) is 0 Å². The van der Waals surface area contributed by atoms with Crippen LogP contribution in [-0.2, 0) is 16.0 Å². The standard InChI is InChI=1S/C13H16O2S/c1-3-10-4-6-11(7-5-10)16-12-8-9(2)15-13(12)14/h4-7,9,12H,3,8H2,1-2H3. The number of hydrogen-bond acceptors (Lipinski definition) is 3. The van der Waals surface area contributed by atoms with Gasteiger partial charge < -0.3 is 4.74 Å². The predicted molar refractivity (Wildman–Crippen MR) is 65.6 cm³/mol. The molecule has 2 atom stereocenters. The Morgan fingerprint density at radius 2 is 2.06 bits per heavy atom. The molecule has 1 heterocycles. The van der Waals surface area contributed by atoms with Crippen molar-refractivity contribution in [1.29, 1.82) is 0 Å². The Kier molecular flexibility index (Phi) is 3.54. The van der Waals surface area contributed by atoms with Gasteiger partial charge in [-0.25, -0.2) is 0 Å². The molecule has 1 aliphatic heterocycles. The van der Waals surface area contributed by atoms with Gasteiger partial charge in [-0.3, -0.25) is 4.79 Å². The Morgan fingerprint density at radius 1 is 1.38 bits per heavy atom. The lowest BCUT2D eigenvalue weighted by Crippen LogP contribution is -2.08. The van der Waals surface area contributed by atoms with Crippen molar-refractivity contribution in [2.45, 2.75) is 42.9 Å². The summed E-state index contributed by atoms with van der Waals surface area (Å²) in [6, 6.07) is 8.40. The van der Waals surface area contributed by atoms with Crippen LogP contribution in [0.4, 0.5) is 0 Å². The highest BCUT2D eigenvalue weighted by molar-refractivity contribution is 8.00. The molecule has 1 saturated heterocycles. The molecule has 16 heavy (non-hydrogen) atoms. The molecule has 86 valence electrons. The minimum absolute atomic E-state index is 0.0255. The van der Waals surface area contributed by atoms with Crippen molar-refractivity contribution < 1.29 is 9.53 Å². The molecule has 2 rings (SSSR count). The molecule has 0 spiro atoms. The molecule has 0 N–H and O–H groups in total. The highest BCUT2D eigenvalue weighted by Gasteiger charge is 2.32. The summed E-state index contributed by atoms with van der Waals surface area (Å²) in [7, 11) is 0. The second kappa shape index (κ2) is 4.91. The first-order valence-corrected chi connectivity index (χ1v) is 6.53. The summed E-state index contributed by atoms with van der Waals surface area (Å²) in [5.74, 6) is -0.0722. The van der Waals surface area contributed by atoms with E-state index in [1.807, 2.05) is 6.92 Å². The van der Waals surface area contributed by atoms with Gasteiger partial charge in [0.25, 0.3) is 0 Å². The number of carbonyl (C=O) groups excluding carboxylic acids is 1. The number of esters is 1. The summed E-state index contributed by atoms with van der Waals surface area (Å²) in [6.45, 7) is 4.08. The van der Waals surface area contributed by atoms with Crippen molar-refractivity contribution >= 4 is 17.7 Å². The van der Waals surface area contributed by atoms with Crippen LogP contribution in [0.3, 0.4) is 0 Å². The molecular weight excluding hydrogens is 220 g/mol. The van der Waals surface area contributed by atoms with Gasteiger partial charge in [0.15, 0.2) is 0 Å². The van der Waals surface area contributed by atoms with Gasteiger partial charge >= 0.3 is 5.97 Å². The fourth-order valence-electron chi connectivity index (χ4n) is 1.78. The molecule has 0 amide bonds. The zero-order valence-corrected chi connectivity index (χ0v) is 10.4. The number of rotatable bonds is 3. The lowest BCUT2D eigenvalue weighted by Gasteiger charge is -2.05. The fraction of sp³-hybridized carbons (Fsp3) is 0.462. The van der Waals surface area contributed by atoms with Crippen LogP contribution in [-0.4, -0.2) is 17.3 Å². The van der Waals surface area contributed by atoms with E-state index in [4.69, 9.17) is 4.74 Å². The van der Waals surface area contributed by atoms with E-state index in [1.165, 1.54) is 5.56 Å². The van der Waals surface area contributed by atoms with Crippen LogP contribution >= 0.6 is 11.8 Å². The molecule has 0 radical (unpaired) electrons. The topological polar surface area (TPSA) is 26.3 Å². The summed E-state index contributed by atoms with van der Waals surface area (Å²) in [5, 5.41) is -0.0255. The van der Waals surface area contributed by atoms with Crippen molar-refractivity contribution in [3.05, 3.63) is 29.8 Å². The minimum Gasteiger partial charge on any atom is -0.462 e. The number of ether oxygens (including phenoxy) is 1. The van der Waals surface area contributed by atoms with Gasteiger partial charge in [0.05, 0.1) is 0 Å². The number of thioether (sulfide) groups is 1. The molecule has 1 aromatic carbocycles. The van der Waals surface area contributed by atoms with Gasteiger partial charge in [-0.1, -0.05) is 19.1 Å². The van der Waals surface area contributed by atoms with Crippen LogP contribution in [0.25, 0.3) is 0 Å². The summed E-state index contributed by atoms with van der Waals surface area (Å²) in [4.78, 5) is 12.6. The average molecular weight is 236 g/mol. The summed E-state index contributed by atoms with van der Waals surface area (Å²) >= 11 is 1.61. The van der Waals surface area contributed by atoms with Crippen LogP contribution in [0.1, 0.15) is 25.8 Å². The highest BCUT2D eigenvalue weighted by Crippen LogP contribution is 2.32. The van der Waals surface area contributed by atoms with Gasteiger partial charge in [-0.2, -0.15) is 0 Å². The second-order valence-corrected chi connectivity index (χ2v) is 5.36. The van der Waals surface area contributed by atoms with E-state index in [2.05, 4.69) is 31.2 Å². The first-order chi connectivity index (χ1) is 7.69. The van der Waals surface area contributed by atoms with Gasteiger partial charge in [-0.05, 0) is 31.0 Å². The molecule has 0 bridgehead atoms. The number of benzene rings is 1. The van der Waals surface area contributed by atoms with E-state index >= 15 is 0 Å². The smallest absolute Gasteiger partial charge is 0.319 e. The molecule has 2 unspecified atom stereocenters. The second-order valence-electron chi connectivity index (χ2n) is 4.09. The lowest BCUT2D eigenvalue weighted by molar-refractivity contribution is -0.140. The third kappa shape index (κ3) is 2.59. The first-order valence-electron chi connectivity index (χ1n) is 5.65. The number of hydrogen-bond donors (Lipinski definition) is 0. The Bertz CT molecular complexity index is 372. The first kappa shape index (κ1) is 11.5. The molecule has 1 aliphatic rings. The van der Waals surface area contributed by atoms with Crippen molar-refractivity contribution in [1.82, 2.24) is 0 Å². The van der Waals surface area contributed by atoms with E-state index in [0.717, 1.165) is 17.7 Å².